The molecule has 0 aliphatic carbocycles. The lowest BCUT2D eigenvalue weighted by Crippen LogP contribution is -2.44. The van der Waals surface area contributed by atoms with Gasteiger partial charge in [-0.1, -0.05) is 0 Å². The molecule has 0 saturated carbocycles. The highest BCUT2D eigenvalue weighted by Crippen LogP contribution is 2.36. The predicted molar refractivity (Wildman–Crippen MR) is 114 cm³/mol. The molecule has 0 radical (unpaired) electrons. The van der Waals surface area contributed by atoms with Crippen LogP contribution in [0.5, 0.6) is 11.5 Å². The predicted octanol–water partition coefficient (Wildman–Crippen LogP) is 2.63. The Balaban J connectivity index is 0.00000225. The number of halogens is 1. The quantitative estimate of drug-likeness (QED) is 0.699. The van der Waals surface area contributed by atoms with E-state index in [-0.39, 0.29) is 18.3 Å². The van der Waals surface area contributed by atoms with Crippen LogP contribution in [0, 0.1) is 0 Å². The van der Waals surface area contributed by atoms with Crippen LogP contribution in [0.2, 0.25) is 0 Å². The van der Waals surface area contributed by atoms with Crippen LogP contribution in [-0.4, -0.2) is 63.3 Å². The number of piperazine rings is 1. The van der Waals surface area contributed by atoms with E-state index in [1.54, 1.807) is 0 Å². The van der Waals surface area contributed by atoms with Crippen molar-refractivity contribution in [2.75, 3.05) is 52.5 Å². The lowest BCUT2D eigenvalue weighted by Gasteiger charge is -2.27. The zero-order chi connectivity index (χ0) is 18.5. The summed E-state index contributed by atoms with van der Waals surface area (Å²) in [7, 11) is 0. The standard InChI is InChI=1S/C20H25N3O3S.ClH/c24-20(22-6-1-9-23-10-7-21-8-11-23)19-5-4-18(27-19)15-2-3-16-17(14-15)26-13-12-25-16;/h2-5,14,21H,1,6-13H2,(H,22,24);1H. The van der Waals surface area contributed by atoms with E-state index < -0.39 is 0 Å². The number of amides is 1. The van der Waals surface area contributed by atoms with E-state index in [9.17, 15) is 4.79 Å². The molecular weight excluding hydrogens is 398 g/mol. The average molecular weight is 424 g/mol. The largest absolute Gasteiger partial charge is 0.486 e. The molecule has 3 heterocycles. The minimum absolute atomic E-state index is 0. The molecule has 1 fully saturated rings. The molecule has 1 saturated heterocycles. The lowest BCUT2D eigenvalue weighted by molar-refractivity contribution is 0.0955. The van der Waals surface area contributed by atoms with Crippen LogP contribution in [0.25, 0.3) is 10.4 Å². The SMILES string of the molecule is Cl.O=C(NCCCN1CCNCC1)c1ccc(-c2ccc3c(c2)OCCO3)s1. The highest BCUT2D eigenvalue weighted by molar-refractivity contribution is 7.17. The fourth-order valence-electron chi connectivity index (χ4n) is 3.34. The van der Waals surface area contributed by atoms with Gasteiger partial charge in [0.25, 0.3) is 5.91 Å². The number of carbonyl (C=O) groups is 1. The van der Waals surface area contributed by atoms with Crippen molar-refractivity contribution >= 4 is 29.7 Å². The smallest absolute Gasteiger partial charge is 0.261 e. The summed E-state index contributed by atoms with van der Waals surface area (Å²) in [5.74, 6) is 1.55. The maximum atomic E-state index is 12.4. The van der Waals surface area contributed by atoms with E-state index in [1.807, 2.05) is 30.3 Å². The minimum Gasteiger partial charge on any atom is -0.486 e. The van der Waals surface area contributed by atoms with Gasteiger partial charge in [0.2, 0.25) is 0 Å². The van der Waals surface area contributed by atoms with Crippen molar-refractivity contribution in [3.63, 3.8) is 0 Å². The Morgan fingerprint density at radius 3 is 2.71 bits per heavy atom. The van der Waals surface area contributed by atoms with Crippen LogP contribution < -0.4 is 20.1 Å². The number of hydrogen-bond acceptors (Lipinski definition) is 6. The number of nitrogens with one attached hydrogen (secondary N) is 2. The summed E-state index contributed by atoms with van der Waals surface area (Å²) in [5.41, 5.74) is 1.04. The van der Waals surface area contributed by atoms with Crippen molar-refractivity contribution < 1.29 is 14.3 Å². The molecule has 0 unspecified atom stereocenters. The summed E-state index contributed by atoms with van der Waals surface area (Å²) in [6, 6.07) is 9.80. The Kier molecular flexibility index (Phi) is 7.56. The Morgan fingerprint density at radius 1 is 1.11 bits per heavy atom. The molecule has 0 spiro atoms. The maximum absolute atomic E-state index is 12.4. The number of nitrogens with zero attached hydrogens (tertiary/aromatic N) is 1. The summed E-state index contributed by atoms with van der Waals surface area (Å²) in [5, 5.41) is 6.39. The van der Waals surface area contributed by atoms with Crippen LogP contribution in [0.3, 0.4) is 0 Å². The second-order valence-corrected chi connectivity index (χ2v) is 7.81. The highest BCUT2D eigenvalue weighted by atomic mass is 35.5. The van der Waals surface area contributed by atoms with Crippen molar-refractivity contribution in [3.8, 4) is 21.9 Å². The summed E-state index contributed by atoms with van der Waals surface area (Å²) < 4.78 is 11.2. The van der Waals surface area contributed by atoms with Crippen molar-refractivity contribution in [1.29, 1.82) is 0 Å². The van der Waals surface area contributed by atoms with Crippen molar-refractivity contribution in [1.82, 2.24) is 15.5 Å². The van der Waals surface area contributed by atoms with Gasteiger partial charge in [0.1, 0.15) is 13.2 Å². The molecule has 0 atom stereocenters. The van der Waals surface area contributed by atoms with Crippen LogP contribution in [0.15, 0.2) is 30.3 Å². The highest BCUT2D eigenvalue weighted by Gasteiger charge is 2.15. The Labute approximate surface area is 175 Å². The molecule has 0 bridgehead atoms. The van der Waals surface area contributed by atoms with E-state index in [0.717, 1.165) is 66.0 Å². The van der Waals surface area contributed by atoms with Gasteiger partial charge in [-0.15, -0.1) is 23.7 Å². The molecule has 1 aromatic carbocycles. The molecule has 6 nitrogen and oxygen atoms in total. The molecule has 4 rings (SSSR count). The fourth-order valence-corrected chi connectivity index (χ4v) is 4.26. The Morgan fingerprint density at radius 2 is 1.89 bits per heavy atom. The average Bonchev–Trinajstić information content (AvgIpc) is 3.22. The fraction of sp³-hybridized carbons (Fsp3) is 0.450. The van der Waals surface area contributed by atoms with Gasteiger partial charge in [-0.3, -0.25) is 4.79 Å². The van der Waals surface area contributed by atoms with E-state index in [2.05, 4.69) is 15.5 Å². The van der Waals surface area contributed by atoms with E-state index in [1.165, 1.54) is 11.3 Å². The normalized spacial score (nSPS) is 16.3. The molecule has 2 aliphatic heterocycles. The van der Waals surface area contributed by atoms with Gasteiger partial charge in [-0.2, -0.15) is 0 Å². The number of thiophene rings is 1. The van der Waals surface area contributed by atoms with Crippen molar-refractivity contribution in [2.24, 2.45) is 0 Å². The summed E-state index contributed by atoms with van der Waals surface area (Å²) >= 11 is 1.50. The van der Waals surface area contributed by atoms with Gasteiger partial charge in [-0.05, 0) is 48.9 Å². The number of fused-ring (bicyclic) bond motifs is 1. The summed E-state index contributed by atoms with van der Waals surface area (Å²) in [6.45, 7) is 7.21. The Bertz CT molecular complexity index is 793. The summed E-state index contributed by atoms with van der Waals surface area (Å²) in [6.07, 6.45) is 0.978. The molecule has 2 N–H and O–H groups in total. The van der Waals surface area contributed by atoms with E-state index in [0.29, 0.717) is 19.8 Å². The van der Waals surface area contributed by atoms with Gasteiger partial charge in [0, 0.05) is 37.6 Å². The number of rotatable bonds is 6. The first kappa shape index (κ1) is 20.9. The summed E-state index contributed by atoms with van der Waals surface area (Å²) in [4.78, 5) is 16.6. The van der Waals surface area contributed by atoms with Gasteiger partial charge >= 0.3 is 0 Å². The maximum Gasteiger partial charge on any atom is 0.261 e. The Hall–Kier alpha value is -1.80. The van der Waals surface area contributed by atoms with Gasteiger partial charge in [-0.25, -0.2) is 0 Å². The minimum atomic E-state index is 0. The molecule has 28 heavy (non-hydrogen) atoms. The van der Waals surface area contributed by atoms with Crippen LogP contribution >= 0.6 is 23.7 Å². The van der Waals surface area contributed by atoms with E-state index >= 15 is 0 Å². The molecule has 8 heteroatoms. The zero-order valence-corrected chi connectivity index (χ0v) is 17.4. The third-order valence-corrected chi connectivity index (χ3v) is 5.94. The lowest BCUT2D eigenvalue weighted by atomic mass is 10.1. The van der Waals surface area contributed by atoms with Crippen molar-refractivity contribution in [3.05, 3.63) is 35.2 Å². The van der Waals surface area contributed by atoms with Gasteiger partial charge in [0.05, 0.1) is 4.88 Å². The number of carbonyl (C=O) groups excluding carboxylic acids is 1. The molecule has 2 aromatic rings. The first-order valence-corrected chi connectivity index (χ1v) is 10.3. The van der Waals surface area contributed by atoms with Crippen LogP contribution in [0.1, 0.15) is 16.1 Å². The molecule has 1 aromatic heterocycles. The number of hydrogen-bond donors (Lipinski definition) is 2. The second kappa shape index (κ2) is 10.1. The topological polar surface area (TPSA) is 62.8 Å². The molecule has 2 aliphatic rings. The first-order valence-electron chi connectivity index (χ1n) is 9.51. The molecular formula is C20H26ClN3O3S. The number of ether oxygens (including phenoxy) is 2. The van der Waals surface area contributed by atoms with Crippen molar-refractivity contribution in [2.45, 2.75) is 6.42 Å². The third-order valence-electron chi connectivity index (χ3n) is 4.80. The van der Waals surface area contributed by atoms with Crippen LogP contribution in [-0.2, 0) is 0 Å². The van der Waals surface area contributed by atoms with Gasteiger partial charge in [0.15, 0.2) is 11.5 Å². The second-order valence-electron chi connectivity index (χ2n) is 6.72. The monoisotopic (exact) mass is 423 g/mol. The zero-order valence-electron chi connectivity index (χ0n) is 15.7. The van der Waals surface area contributed by atoms with Gasteiger partial charge < -0.3 is 25.0 Å². The number of benzene rings is 1. The third kappa shape index (κ3) is 5.17. The van der Waals surface area contributed by atoms with E-state index in [4.69, 9.17) is 9.47 Å². The molecule has 152 valence electrons. The van der Waals surface area contributed by atoms with Crippen LogP contribution in [0.4, 0.5) is 0 Å². The molecule has 1 amide bonds. The first-order chi connectivity index (χ1) is 13.3.